The molecule has 0 saturated heterocycles. The number of nitrogens with zero attached hydrogens (tertiary/aromatic N) is 2. The number of halogens is 1. The Kier molecular flexibility index (Phi) is 5.17. The third-order valence-corrected chi connectivity index (χ3v) is 4.14. The number of hydrogen-bond acceptors (Lipinski definition) is 3. The largest absolute Gasteiger partial charge is 0.376 e. The van der Waals surface area contributed by atoms with E-state index in [0.29, 0.717) is 4.47 Å². The highest BCUT2D eigenvalue weighted by molar-refractivity contribution is 9.10. The van der Waals surface area contributed by atoms with E-state index in [1.165, 1.54) is 10.2 Å². The number of benzene rings is 1. The number of rotatable bonds is 5. The zero-order valence-electron chi connectivity index (χ0n) is 12.5. The minimum Gasteiger partial charge on any atom is -0.376 e. The first-order chi connectivity index (χ1) is 10.0. The second-order valence-electron chi connectivity index (χ2n) is 5.23. The predicted molar refractivity (Wildman–Crippen MR) is 89.7 cm³/mol. The van der Waals surface area contributed by atoms with Crippen molar-refractivity contribution in [3.05, 3.63) is 56.9 Å². The van der Waals surface area contributed by atoms with Gasteiger partial charge in [-0.2, -0.15) is 5.10 Å². The molecule has 1 aromatic heterocycles. The minimum atomic E-state index is -0.113. The summed E-state index contributed by atoms with van der Waals surface area (Å²) in [5.74, 6) is 0. The number of anilines is 1. The van der Waals surface area contributed by atoms with Crippen molar-refractivity contribution in [1.29, 1.82) is 0 Å². The topological polar surface area (TPSA) is 46.9 Å². The summed E-state index contributed by atoms with van der Waals surface area (Å²) in [4.78, 5) is 12.3. The molecule has 0 amide bonds. The SMILES string of the molecule is CCC(Nc1cnn(C(C)C)c(=O)c1Br)c1ccccc1. The van der Waals surface area contributed by atoms with E-state index in [1.807, 2.05) is 32.0 Å². The predicted octanol–water partition coefficient (Wildman–Crippen LogP) is 4.15. The molecule has 1 atom stereocenters. The Hall–Kier alpha value is -1.62. The fourth-order valence-electron chi connectivity index (χ4n) is 2.21. The van der Waals surface area contributed by atoms with Gasteiger partial charge < -0.3 is 5.32 Å². The van der Waals surface area contributed by atoms with Crippen molar-refractivity contribution >= 4 is 21.6 Å². The van der Waals surface area contributed by atoms with Gasteiger partial charge in [-0.3, -0.25) is 4.79 Å². The van der Waals surface area contributed by atoms with Gasteiger partial charge in [-0.1, -0.05) is 37.3 Å². The van der Waals surface area contributed by atoms with Crippen LogP contribution in [0.3, 0.4) is 0 Å². The van der Waals surface area contributed by atoms with Crippen molar-refractivity contribution in [3.8, 4) is 0 Å². The molecule has 112 valence electrons. The van der Waals surface area contributed by atoms with Crippen LogP contribution in [0.5, 0.6) is 0 Å². The lowest BCUT2D eigenvalue weighted by atomic mass is 10.0. The fourth-order valence-corrected chi connectivity index (χ4v) is 2.61. The lowest BCUT2D eigenvalue weighted by Crippen LogP contribution is -2.26. The molecule has 2 aromatic rings. The molecule has 0 radical (unpaired) electrons. The van der Waals surface area contributed by atoms with Crippen LogP contribution in [0.15, 0.2) is 45.8 Å². The molecule has 0 aliphatic rings. The molecule has 21 heavy (non-hydrogen) atoms. The molecule has 0 aliphatic carbocycles. The summed E-state index contributed by atoms with van der Waals surface area (Å²) in [7, 11) is 0. The van der Waals surface area contributed by atoms with Gasteiger partial charge in [0, 0.05) is 0 Å². The molecule has 0 bridgehead atoms. The Balaban J connectivity index is 2.31. The molecule has 5 heteroatoms. The number of aromatic nitrogens is 2. The second-order valence-corrected chi connectivity index (χ2v) is 6.02. The van der Waals surface area contributed by atoms with E-state index in [2.05, 4.69) is 45.4 Å². The summed E-state index contributed by atoms with van der Waals surface area (Å²) >= 11 is 3.39. The first-order valence-electron chi connectivity index (χ1n) is 7.13. The van der Waals surface area contributed by atoms with Crippen LogP contribution in [-0.2, 0) is 0 Å². The van der Waals surface area contributed by atoms with E-state index < -0.39 is 0 Å². The zero-order chi connectivity index (χ0) is 15.4. The first kappa shape index (κ1) is 15.8. The summed E-state index contributed by atoms with van der Waals surface area (Å²) in [5.41, 5.74) is 1.81. The number of hydrogen-bond donors (Lipinski definition) is 1. The summed E-state index contributed by atoms with van der Waals surface area (Å²) in [6.07, 6.45) is 2.63. The maximum absolute atomic E-state index is 12.3. The van der Waals surface area contributed by atoms with E-state index >= 15 is 0 Å². The van der Waals surface area contributed by atoms with Crippen molar-refractivity contribution in [3.63, 3.8) is 0 Å². The lowest BCUT2D eigenvalue weighted by molar-refractivity contribution is 0.500. The molecule has 0 fully saturated rings. The molecule has 1 heterocycles. The summed E-state index contributed by atoms with van der Waals surface area (Å²) < 4.78 is 2.00. The maximum atomic E-state index is 12.3. The minimum absolute atomic E-state index is 0.0407. The van der Waals surface area contributed by atoms with E-state index in [4.69, 9.17) is 0 Å². The second kappa shape index (κ2) is 6.89. The van der Waals surface area contributed by atoms with Crippen molar-refractivity contribution in [2.24, 2.45) is 0 Å². The standard InChI is InChI=1S/C16H20BrN3O/c1-4-13(12-8-6-5-7-9-12)19-14-10-18-20(11(2)3)16(21)15(14)17/h5-11,13,19H,4H2,1-3H3. The van der Waals surface area contributed by atoms with Gasteiger partial charge in [0.25, 0.3) is 5.56 Å². The van der Waals surface area contributed by atoms with E-state index in [-0.39, 0.29) is 17.6 Å². The third-order valence-electron chi connectivity index (χ3n) is 3.37. The Morgan fingerprint density at radius 3 is 2.52 bits per heavy atom. The summed E-state index contributed by atoms with van der Waals surface area (Å²) in [6, 6.07) is 10.4. The monoisotopic (exact) mass is 349 g/mol. The van der Waals surface area contributed by atoms with E-state index in [0.717, 1.165) is 12.1 Å². The fraction of sp³-hybridized carbons (Fsp3) is 0.375. The molecular formula is C16H20BrN3O. The van der Waals surface area contributed by atoms with E-state index in [9.17, 15) is 4.79 Å². The summed E-state index contributed by atoms with van der Waals surface area (Å²) in [6.45, 7) is 5.99. The Morgan fingerprint density at radius 2 is 1.95 bits per heavy atom. The third kappa shape index (κ3) is 3.53. The van der Waals surface area contributed by atoms with E-state index in [1.54, 1.807) is 6.20 Å². The molecule has 0 saturated carbocycles. The normalized spacial score (nSPS) is 12.4. The highest BCUT2D eigenvalue weighted by Crippen LogP contribution is 2.25. The zero-order valence-corrected chi connectivity index (χ0v) is 14.1. The molecule has 0 spiro atoms. The average Bonchev–Trinajstić information content (AvgIpc) is 2.49. The smallest absolute Gasteiger partial charge is 0.283 e. The molecule has 1 N–H and O–H groups in total. The maximum Gasteiger partial charge on any atom is 0.283 e. The van der Waals surface area contributed by atoms with Crippen LogP contribution in [0.4, 0.5) is 5.69 Å². The van der Waals surface area contributed by atoms with Gasteiger partial charge in [-0.15, -0.1) is 0 Å². The molecule has 2 rings (SSSR count). The molecule has 4 nitrogen and oxygen atoms in total. The van der Waals surface area contributed by atoms with Crippen LogP contribution in [0.25, 0.3) is 0 Å². The Bertz CT molecular complexity index is 652. The first-order valence-corrected chi connectivity index (χ1v) is 7.92. The quantitative estimate of drug-likeness (QED) is 0.881. The highest BCUT2D eigenvalue weighted by Gasteiger charge is 2.14. The lowest BCUT2D eigenvalue weighted by Gasteiger charge is -2.20. The Labute approximate surface area is 133 Å². The molecular weight excluding hydrogens is 330 g/mol. The van der Waals surface area contributed by atoms with Crippen molar-refractivity contribution in [2.45, 2.75) is 39.3 Å². The van der Waals surface area contributed by atoms with Gasteiger partial charge in [0.15, 0.2) is 0 Å². The molecule has 1 unspecified atom stereocenters. The van der Waals surface area contributed by atoms with Crippen LogP contribution in [0.1, 0.15) is 44.8 Å². The van der Waals surface area contributed by atoms with Gasteiger partial charge in [0.05, 0.1) is 24.0 Å². The van der Waals surface area contributed by atoms with Crippen molar-refractivity contribution in [1.82, 2.24) is 9.78 Å². The van der Waals surface area contributed by atoms with Crippen LogP contribution in [0.2, 0.25) is 0 Å². The van der Waals surface area contributed by atoms with Gasteiger partial charge in [0.2, 0.25) is 0 Å². The number of nitrogens with one attached hydrogen (secondary N) is 1. The molecule has 0 aliphatic heterocycles. The Morgan fingerprint density at radius 1 is 1.29 bits per heavy atom. The average molecular weight is 350 g/mol. The van der Waals surface area contributed by atoms with Crippen LogP contribution < -0.4 is 10.9 Å². The molecule has 1 aromatic carbocycles. The van der Waals surface area contributed by atoms with Crippen LogP contribution in [0, 0.1) is 0 Å². The van der Waals surface area contributed by atoms with Crippen LogP contribution in [-0.4, -0.2) is 9.78 Å². The van der Waals surface area contributed by atoms with Crippen molar-refractivity contribution in [2.75, 3.05) is 5.32 Å². The van der Waals surface area contributed by atoms with Crippen LogP contribution >= 0.6 is 15.9 Å². The van der Waals surface area contributed by atoms with Gasteiger partial charge >= 0.3 is 0 Å². The van der Waals surface area contributed by atoms with Gasteiger partial charge in [-0.25, -0.2) is 4.68 Å². The van der Waals surface area contributed by atoms with Crippen molar-refractivity contribution < 1.29 is 0 Å². The highest BCUT2D eigenvalue weighted by atomic mass is 79.9. The van der Waals surface area contributed by atoms with Gasteiger partial charge in [0.1, 0.15) is 4.47 Å². The summed E-state index contributed by atoms with van der Waals surface area (Å²) in [5, 5.41) is 7.63. The van der Waals surface area contributed by atoms with Gasteiger partial charge in [-0.05, 0) is 41.8 Å².